The molecule has 3 rings (SSSR count). The molecule has 0 aliphatic heterocycles. The van der Waals surface area contributed by atoms with Crippen molar-refractivity contribution >= 4 is 23.2 Å². The Hall–Kier alpha value is -2.92. The Balaban J connectivity index is 1.71. The summed E-state index contributed by atoms with van der Waals surface area (Å²) in [5.41, 5.74) is 5.60. The summed E-state index contributed by atoms with van der Waals surface area (Å²) in [7, 11) is 0. The molecule has 3 aromatic rings. The molecule has 2 aromatic carbocycles. The molecule has 0 unspecified atom stereocenters. The molecule has 6 heteroatoms. The predicted octanol–water partition coefficient (Wildman–Crippen LogP) is 5.05. The standard InChI is InChI=1S/C22H22ClN3O2/c1-13-9-14(2)21(15(3)10-13)25-19(27)12-28-20-11-16(4)24-22(26-20)17-5-7-18(23)8-6-17/h5-11H,12H2,1-4H3,(H,25,27). The number of halogens is 1. The highest BCUT2D eigenvalue weighted by atomic mass is 35.5. The van der Waals surface area contributed by atoms with Gasteiger partial charge in [0, 0.05) is 28.0 Å². The van der Waals surface area contributed by atoms with Crippen LogP contribution >= 0.6 is 11.6 Å². The number of benzene rings is 2. The largest absolute Gasteiger partial charge is 0.467 e. The number of ether oxygens (including phenoxy) is 1. The number of aromatic nitrogens is 2. The normalized spacial score (nSPS) is 10.6. The van der Waals surface area contributed by atoms with Gasteiger partial charge < -0.3 is 10.1 Å². The molecule has 1 N–H and O–H groups in total. The molecule has 28 heavy (non-hydrogen) atoms. The maximum atomic E-state index is 12.4. The first-order valence-corrected chi connectivity index (χ1v) is 9.32. The van der Waals surface area contributed by atoms with Gasteiger partial charge >= 0.3 is 0 Å². The number of rotatable bonds is 5. The maximum Gasteiger partial charge on any atom is 0.262 e. The molecule has 0 bridgehead atoms. The summed E-state index contributed by atoms with van der Waals surface area (Å²) >= 11 is 5.93. The van der Waals surface area contributed by atoms with Gasteiger partial charge in [-0.15, -0.1) is 0 Å². The first kappa shape index (κ1) is 19.8. The fraction of sp³-hybridized carbons (Fsp3) is 0.227. The lowest BCUT2D eigenvalue weighted by Crippen LogP contribution is -2.21. The van der Waals surface area contributed by atoms with E-state index in [1.54, 1.807) is 18.2 Å². The monoisotopic (exact) mass is 395 g/mol. The van der Waals surface area contributed by atoms with E-state index in [-0.39, 0.29) is 12.5 Å². The zero-order valence-electron chi connectivity index (χ0n) is 16.3. The van der Waals surface area contributed by atoms with Crippen LogP contribution in [0.1, 0.15) is 22.4 Å². The van der Waals surface area contributed by atoms with E-state index in [0.29, 0.717) is 16.7 Å². The van der Waals surface area contributed by atoms with Crippen molar-refractivity contribution < 1.29 is 9.53 Å². The van der Waals surface area contributed by atoms with Gasteiger partial charge in [-0.3, -0.25) is 4.79 Å². The number of aryl methyl sites for hydroxylation is 4. The molecule has 144 valence electrons. The van der Waals surface area contributed by atoms with Crippen LogP contribution in [0.25, 0.3) is 11.4 Å². The molecule has 0 fully saturated rings. The SMILES string of the molecule is Cc1cc(C)c(NC(=O)COc2cc(C)nc(-c3ccc(Cl)cc3)n2)c(C)c1. The number of nitrogens with one attached hydrogen (secondary N) is 1. The Morgan fingerprint density at radius 3 is 2.29 bits per heavy atom. The van der Waals surface area contributed by atoms with E-state index in [4.69, 9.17) is 16.3 Å². The quantitative estimate of drug-likeness (QED) is 0.656. The van der Waals surface area contributed by atoms with Gasteiger partial charge in [0.1, 0.15) is 0 Å². The van der Waals surface area contributed by atoms with Crippen LogP contribution in [0.3, 0.4) is 0 Å². The van der Waals surface area contributed by atoms with Crippen molar-refractivity contribution in [2.24, 2.45) is 0 Å². The van der Waals surface area contributed by atoms with Gasteiger partial charge in [0.2, 0.25) is 5.88 Å². The third-order valence-corrected chi connectivity index (χ3v) is 4.48. The minimum atomic E-state index is -0.237. The van der Waals surface area contributed by atoms with Gasteiger partial charge in [-0.1, -0.05) is 29.3 Å². The summed E-state index contributed by atoms with van der Waals surface area (Å²) in [6.07, 6.45) is 0. The molecule has 1 heterocycles. The molecule has 0 spiro atoms. The van der Waals surface area contributed by atoms with Crippen LogP contribution in [0.2, 0.25) is 5.02 Å². The van der Waals surface area contributed by atoms with Crippen LogP contribution < -0.4 is 10.1 Å². The number of hydrogen-bond donors (Lipinski definition) is 1. The number of carbonyl (C=O) groups is 1. The van der Waals surface area contributed by atoms with Crippen LogP contribution in [-0.2, 0) is 4.79 Å². The Morgan fingerprint density at radius 2 is 1.64 bits per heavy atom. The molecule has 1 amide bonds. The molecule has 0 saturated heterocycles. The van der Waals surface area contributed by atoms with Gasteiger partial charge in [-0.25, -0.2) is 4.98 Å². The minimum Gasteiger partial charge on any atom is -0.467 e. The molecule has 0 aliphatic rings. The highest BCUT2D eigenvalue weighted by Gasteiger charge is 2.11. The second-order valence-corrected chi connectivity index (χ2v) is 7.23. The van der Waals surface area contributed by atoms with Gasteiger partial charge in [-0.2, -0.15) is 4.98 Å². The highest BCUT2D eigenvalue weighted by Crippen LogP contribution is 2.23. The first-order chi connectivity index (χ1) is 13.3. The van der Waals surface area contributed by atoms with Crippen LogP contribution in [0.4, 0.5) is 5.69 Å². The van der Waals surface area contributed by atoms with Crippen LogP contribution in [0, 0.1) is 27.7 Å². The second-order valence-electron chi connectivity index (χ2n) is 6.79. The fourth-order valence-electron chi connectivity index (χ4n) is 3.03. The van der Waals surface area contributed by atoms with E-state index < -0.39 is 0 Å². The smallest absolute Gasteiger partial charge is 0.262 e. The molecular weight excluding hydrogens is 374 g/mol. The molecular formula is C22H22ClN3O2. The summed E-state index contributed by atoms with van der Waals surface area (Å²) in [5, 5.41) is 3.57. The van der Waals surface area contributed by atoms with E-state index in [9.17, 15) is 4.79 Å². The van der Waals surface area contributed by atoms with Gasteiger partial charge in [-0.05, 0) is 63.1 Å². The summed E-state index contributed by atoms with van der Waals surface area (Å²) in [5.74, 6) is 0.640. The van der Waals surface area contributed by atoms with Crippen molar-refractivity contribution in [1.29, 1.82) is 0 Å². The number of amides is 1. The van der Waals surface area contributed by atoms with Gasteiger partial charge in [0.15, 0.2) is 12.4 Å². The number of carbonyl (C=O) groups excluding carboxylic acids is 1. The average Bonchev–Trinajstić information content (AvgIpc) is 2.63. The molecule has 1 aromatic heterocycles. The zero-order chi connectivity index (χ0) is 20.3. The first-order valence-electron chi connectivity index (χ1n) is 8.94. The number of hydrogen-bond acceptors (Lipinski definition) is 4. The summed E-state index contributed by atoms with van der Waals surface area (Å²) in [6, 6.07) is 13.0. The Bertz CT molecular complexity index is 994. The maximum absolute atomic E-state index is 12.4. The summed E-state index contributed by atoms with van der Waals surface area (Å²) in [4.78, 5) is 21.2. The molecule has 0 aliphatic carbocycles. The third kappa shape index (κ3) is 4.87. The topological polar surface area (TPSA) is 64.1 Å². The molecule has 5 nitrogen and oxygen atoms in total. The Morgan fingerprint density at radius 1 is 1.00 bits per heavy atom. The van der Waals surface area contributed by atoms with Crippen molar-refractivity contribution in [2.75, 3.05) is 11.9 Å². The average molecular weight is 396 g/mol. The van der Waals surface area contributed by atoms with Crippen molar-refractivity contribution in [2.45, 2.75) is 27.7 Å². The lowest BCUT2D eigenvalue weighted by molar-refractivity contribution is -0.118. The van der Waals surface area contributed by atoms with Crippen molar-refractivity contribution in [1.82, 2.24) is 9.97 Å². The zero-order valence-corrected chi connectivity index (χ0v) is 17.1. The minimum absolute atomic E-state index is 0.136. The third-order valence-electron chi connectivity index (χ3n) is 4.23. The fourth-order valence-corrected chi connectivity index (χ4v) is 3.16. The lowest BCUT2D eigenvalue weighted by atomic mass is 10.1. The molecule has 0 saturated carbocycles. The van der Waals surface area contributed by atoms with E-state index in [0.717, 1.165) is 33.6 Å². The van der Waals surface area contributed by atoms with Crippen molar-refractivity contribution in [3.05, 3.63) is 69.9 Å². The van der Waals surface area contributed by atoms with E-state index in [1.807, 2.05) is 52.0 Å². The van der Waals surface area contributed by atoms with Crippen LogP contribution in [0.5, 0.6) is 5.88 Å². The van der Waals surface area contributed by atoms with E-state index in [2.05, 4.69) is 15.3 Å². The molecule has 0 radical (unpaired) electrons. The number of anilines is 1. The van der Waals surface area contributed by atoms with E-state index >= 15 is 0 Å². The summed E-state index contributed by atoms with van der Waals surface area (Å²) < 4.78 is 5.62. The van der Waals surface area contributed by atoms with E-state index in [1.165, 1.54) is 0 Å². The van der Waals surface area contributed by atoms with Crippen LogP contribution in [-0.4, -0.2) is 22.5 Å². The lowest BCUT2D eigenvalue weighted by Gasteiger charge is -2.13. The summed E-state index contributed by atoms with van der Waals surface area (Å²) in [6.45, 7) is 7.70. The highest BCUT2D eigenvalue weighted by molar-refractivity contribution is 6.30. The Labute approximate surface area is 169 Å². The van der Waals surface area contributed by atoms with Crippen LogP contribution in [0.15, 0.2) is 42.5 Å². The Kier molecular flexibility index (Phi) is 5.95. The van der Waals surface area contributed by atoms with Gasteiger partial charge in [0.25, 0.3) is 5.91 Å². The van der Waals surface area contributed by atoms with Gasteiger partial charge in [0.05, 0.1) is 0 Å². The molecule has 0 atom stereocenters. The second kappa shape index (κ2) is 8.40. The predicted molar refractivity (Wildman–Crippen MR) is 112 cm³/mol. The van der Waals surface area contributed by atoms with Crippen molar-refractivity contribution in [3.63, 3.8) is 0 Å². The van der Waals surface area contributed by atoms with Crippen molar-refractivity contribution in [3.8, 4) is 17.3 Å². The number of nitrogens with zero attached hydrogens (tertiary/aromatic N) is 2.